The van der Waals surface area contributed by atoms with Crippen LogP contribution in [0.3, 0.4) is 0 Å². The zero-order valence-electron chi connectivity index (χ0n) is 13.9. The van der Waals surface area contributed by atoms with E-state index in [1.54, 1.807) is 12.4 Å². The van der Waals surface area contributed by atoms with Crippen LogP contribution in [0.4, 0.5) is 5.82 Å². The van der Waals surface area contributed by atoms with Gasteiger partial charge in [-0.1, -0.05) is 6.07 Å². The summed E-state index contributed by atoms with van der Waals surface area (Å²) in [6.45, 7) is 1.98. The minimum Gasteiger partial charge on any atom is -0.343 e. The summed E-state index contributed by atoms with van der Waals surface area (Å²) < 4.78 is 0. The molecule has 140 valence electrons. The number of piperidine rings is 1. The van der Waals surface area contributed by atoms with Gasteiger partial charge in [0, 0.05) is 29.6 Å². The van der Waals surface area contributed by atoms with Gasteiger partial charge in [-0.25, -0.2) is 0 Å². The number of anilines is 1. The quantitative estimate of drug-likeness (QED) is 0.699. The number of rotatable bonds is 2. The summed E-state index contributed by atoms with van der Waals surface area (Å²) in [5.74, 6) is 1.17. The van der Waals surface area contributed by atoms with Crippen LogP contribution in [-0.4, -0.2) is 28.3 Å². The van der Waals surface area contributed by atoms with Crippen molar-refractivity contribution in [2.24, 2.45) is 5.92 Å². The number of pyridine rings is 1. The number of aromatic nitrogens is 3. The van der Waals surface area contributed by atoms with Gasteiger partial charge in [0.05, 0.1) is 23.8 Å². The van der Waals surface area contributed by atoms with Crippen LogP contribution >= 0.6 is 37.2 Å². The van der Waals surface area contributed by atoms with Gasteiger partial charge in [-0.3, -0.25) is 10.1 Å². The summed E-state index contributed by atoms with van der Waals surface area (Å²) in [5.41, 5.74) is 3.87. The SMILES string of the molecule is Cl.Cl.Cl.N#CC1=C(C2CCNCC2)Nc2[nH]ncc2C1c1cccnc1. The molecule has 0 spiro atoms. The van der Waals surface area contributed by atoms with Gasteiger partial charge in [0.15, 0.2) is 0 Å². The van der Waals surface area contributed by atoms with Crippen molar-refractivity contribution in [2.45, 2.75) is 18.8 Å². The van der Waals surface area contributed by atoms with Crippen LogP contribution in [0.1, 0.15) is 29.9 Å². The first-order valence-electron chi connectivity index (χ1n) is 7.93. The Labute approximate surface area is 171 Å². The predicted molar refractivity (Wildman–Crippen MR) is 108 cm³/mol. The highest BCUT2D eigenvalue weighted by molar-refractivity contribution is 5.86. The second-order valence-electron chi connectivity index (χ2n) is 6.01. The van der Waals surface area contributed by atoms with E-state index in [2.05, 4.69) is 31.9 Å². The lowest BCUT2D eigenvalue weighted by Gasteiger charge is -2.32. The van der Waals surface area contributed by atoms with Gasteiger partial charge in [-0.2, -0.15) is 10.4 Å². The number of nitrogens with one attached hydrogen (secondary N) is 3. The van der Waals surface area contributed by atoms with Gasteiger partial charge in [0.1, 0.15) is 5.82 Å². The molecule has 0 radical (unpaired) electrons. The van der Waals surface area contributed by atoms with Crippen LogP contribution in [0.2, 0.25) is 0 Å². The third-order valence-electron chi connectivity index (χ3n) is 4.70. The Morgan fingerprint density at radius 2 is 1.88 bits per heavy atom. The number of nitrogens with zero attached hydrogens (tertiary/aromatic N) is 3. The number of halogens is 3. The molecule has 3 N–H and O–H groups in total. The Morgan fingerprint density at radius 3 is 2.54 bits per heavy atom. The Morgan fingerprint density at radius 1 is 1.12 bits per heavy atom. The molecule has 0 saturated carbocycles. The molecule has 0 bridgehead atoms. The monoisotopic (exact) mass is 414 g/mol. The van der Waals surface area contributed by atoms with Gasteiger partial charge in [-0.15, -0.1) is 37.2 Å². The summed E-state index contributed by atoms with van der Waals surface area (Å²) in [7, 11) is 0. The zero-order chi connectivity index (χ0) is 15.6. The standard InChI is InChI=1S/C17H18N6.3ClH/c18-8-13-15(12-2-1-5-20-9-12)14-10-21-23-17(14)22-16(13)11-3-6-19-7-4-11;;;/h1-2,5,9-11,15,19H,3-4,6-7H2,(H2,21,22,23);3*1H. The molecule has 0 aliphatic carbocycles. The number of allylic oxidation sites excluding steroid dienone is 2. The smallest absolute Gasteiger partial charge is 0.129 e. The van der Waals surface area contributed by atoms with E-state index < -0.39 is 0 Å². The predicted octanol–water partition coefficient (Wildman–Crippen LogP) is 3.40. The van der Waals surface area contributed by atoms with Crippen LogP contribution in [0.5, 0.6) is 0 Å². The minimum atomic E-state index is -0.103. The second kappa shape index (κ2) is 9.79. The lowest BCUT2D eigenvalue weighted by molar-refractivity contribution is 0.418. The molecule has 6 nitrogen and oxygen atoms in total. The highest BCUT2D eigenvalue weighted by Crippen LogP contribution is 2.43. The van der Waals surface area contributed by atoms with Crippen molar-refractivity contribution in [1.82, 2.24) is 20.5 Å². The van der Waals surface area contributed by atoms with E-state index in [1.807, 2.05) is 18.3 Å². The van der Waals surface area contributed by atoms with Crippen molar-refractivity contribution in [3.05, 3.63) is 53.1 Å². The van der Waals surface area contributed by atoms with E-state index in [4.69, 9.17) is 0 Å². The molecule has 1 atom stereocenters. The maximum absolute atomic E-state index is 9.87. The number of hydrogen-bond acceptors (Lipinski definition) is 5. The fourth-order valence-electron chi connectivity index (χ4n) is 3.58. The van der Waals surface area contributed by atoms with Gasteiger partial charge in [0.2, 0.25) is 0 Å². The molecule has 4 rings (SSSR count). The van der Waals surface area contributed by atoms with Crippen LogP contribution in [0.15, 0.2) is 42.0 Å². The molecule has 0 aromatic carbocycles. The van der Waals surface area contributed by atoms with Gasteiger partial charge in [-0.05, 0) is 37.6 Å². The molecule has 9 heteroatoms. The fraction of sp³-hybridized carbons (Fsp3) is 0.353. The van der Waals surface area contributed by atoms with E-state index in [0.717, 1.165) is 54.1 Å². The van der Waals surface area contributed by atoms with Gasteiger partial charge < -0.3 is 10.6 Å². The molecule has 2 aromatic rings. The van der Waals surface area contributed by atoms with Crippen molar-refractivity contribution >= 4 is 43.0 Å². The molecular formula is C17H21Cl3N6. The molecule has 1 saturated heterocycles. The molecular weight excluding hydrogens is 395 g/mol. The van der Waals surface area contributed by atoms with E-state index >= 15 is 0 Å². The summed E-state index contributed by atoms with van der Waals surface area (Å²) >= 11 is 0. The number of fused-ring (bicyclic) bond motifs is 1. The first kappa shape index (κ1) is 22.3. The van der Waals surface area contributed by atoms with Gasteiger partial charge >= 0.3 is 0 Å². The maximum Gasteiger partial charge on any atom is 0.129 e. The van der Waals surface area contributed by atoms with Crippen LogP contribution in [0.25, 0.3) is 0 Å². The fourth-order valence-corrected chi connectivity index (χ4v) is 3.58. The minimum absolute atomic E-state index is 0. The van der Waals surface area contributed by atoms with Crippen molar-refractivity contribution in [3.63, 3.8) is 0 Å². The molecule has 2 aliphatic rings. The largest absolute Gasteiger partial charge is 0.343 e. The Balaban J connectivity index is 0.00000113. The molecule has 1 fully saturated rings. The first-order valence-corrected chi connectivity index (χ1v) is 7.93. The lowest BCUT2D eigenvalue weighted by atomic mass is 9.79. The van der Waals surface area contributed by atoms with Crippen LogP contribution < -0.4 is 10.6 Å². The lowest BCUT2D eigenvalue weighted by Crippen LogP contribution is -2.32. The van der Waals surface area contributed by atoms with Crippen molar-refractivity contribution in [2.75, 3.05) is 18.4 Å². The van der Waals surface area contributed by atoms with E-state index in [0.29, 0.717) is 5.92 Å². The zero-order valence-corrected chi connectivity index (χ0v) is 16.4. The van der Waals surface area contributed by atoms with E-state index in [-0.39, 0.29) is 43.1 Å². The van der Waals surface area contributed by atoms with Crippen molar-refractivity contribution in [1.29, 1.82) is 5.26 Å². The summed E-state index contributed by atoms with van der Waals surface area (Å²) in [4.78, 5) is 4.23. The summed E-state index contributed by atoms with van der Waals surface area (Å²) in [6, 6.07) is 6.40. The number of hydrogen-bond donors (Lipinski definition) is 3. The van der Waals surface area contributed by atoms with Crippen LogP contribution in [-0.2, 0) is 0 Å². The molecule has 2 aromatic heterocycles. The van der Waals surface area contributed by atoms with Crippen molar-refractivity contribution in [3.8, 4) is 6.07 Å². The highest BCUT2D eigenvalue weighted by Gasteiger charge is 2.34. The molecule has 0 amide bonds. The Kier molecular flexibility index (Phi) is 8.38. The van der Waals surface area contributed by atoms with E-state index in [9.17, 15) is 5.26 Å². The maximum atomic E-state index is 9.87. The Hall–Kier alpha value is -1.78. The summed E-state index contributed by atoms with van der Waals surface area (Å²) in [6.07, 6.45) is 7.47. The highest BCUT2D eigenvalue weighted by atomic mass is 35.5. The number of nitriles is 1. The Bertz CT molecular complexity index is 777. The third kappa shape index (κ3) is 3.97. The molecule has 4 heterocycles. The third-order valence-corrected chi connectivity index (χ3v) is 4.70. The van der Waals surface area contributed by atoms with Crippen molar-refractivity contribution < 1.29 is 0 Å². The van der Waals surface area contributed by atoms with E-state index in [1.165, 1.54) is 0 Å². The molecule has 1 unspecified atom stereocenters. The van der Waals surface area contributed by atoms with Crippen LogP contribution in [0, 0.1) is 17.2 Å². The van der Waals surface area contributed by atoms with Gasteiger partial charge in [0.25, 0.3) is 0 Å². The first-order chi connectivity index (χ1) is 11.4. The number of H-pyrrole nitrogens is 1. The number of aromatic amines is 1. The second-order valence-corrected chi connectivity index (χ2v) is 6.01. The molecule has 26 heavy (non-hydrogen) atoms. The summed E-state index contributed by atoms with van der Waals surface area (Å²) in [5, 5.41) is 23.9. The molecule has 2 aliphatic heterocycles. The topological polar surface area (TPSA) is 89.4 Å². The normalized spacial score (nSPS) is 19.0. The average molecular weight is 416 g/mol. The average Bonchev–Trinajstić information content (AvgIpc) is 3.09.